The Morgan fingerprint density at radius 2 is 1.93 bits per heavy atom. The fourth-order valence-corrected chi connectivity index (χ4v) is 4.40. The number of fused-ring (bicyclic) bond motifs is 1. The highest BCUT2D eigenvalue weighted by Gasteiger charge is 2.24. The van der Waals surface area contributed by atoms with E-state index in [1.54, 1.807) is 12.7 Å². The van der Waals surface area contributed by atoms with Gasteiger partial charge in [-0.2, -0.15) is 0 Å². The first-order valence-corrected chi connectivity index (χ1v) is 10.7. The van der Waals surface area contributed by atoms with Crippen LogP contribution in [-0.4, -0.2) is 50.4 Å². The lowest BCUT2D eigenvalue weighted by Crippen LogP contribution is -2.34. The van der Waals surface area contributed by atoms with Gasteiger partial charge in [-0.25, -0.2) is 0 Å². The highest BCUT2D eigenvalue weighted by Crippen LogP contribution is 2.24. The predicted octanol–water partition coefficient (Wildman–Crippen LogP) is 3.97. The lowest BCUT2D eigenvalue weighted by Gasteiger charge is -2.24. The maximum atomic E-state index is 6.04. The summed E-state index contributed by atoms with van der Waals surface area (Å²) in [4.78, 5) is 6.01. The third-order valence-corrected chi connectivity index (χ3v) is 6.06. The zero-order chi connectivity index (χ0) is 20.2. The summed E-state index contributed by atoms with van der Waals surface area (Å²) >= 11 is 0. The molecular formula is C24H27N5O. The topological polar surface area (TPSA) is 59.0 Å². The van der Waals surface area contributed by atoms with E-state index in [4.69, 9.17) is 4.74 Å². The van der Waals surface area contributed by atoms with Crippen molar-refractivity contribution in [1.82, 2.24) is 24.6 Å². The molecule has 30 heavy (non-hydrogen) atoms. The van der Waals surface area contributed by atoms with E-state index >= 15 is 0 Å². The van der Waals surface area contributed by atoms with Crippen LogP contribution in [0.4, 0.5) is 0 Å². The quantitative estimate of drug-likeness (QED) is 0.485. The second kappa shape index (κ2) is 8.81. The summed E-state index contributed by atoms with van der Waals surface area (Å²) in [6.07, 6.45) is 9.12. The number of benzene rings is 2. The number of aromatic amines is 1. The Morgan fingerprint density at radius 3 is 2.80 bits per heavy atom. The minimum absolute atomic E-state index is 0.520. The smallest absolute Gasteiger partial charge is 0.123 e. The van der Waals surface area contributed by atoms with Crippen LogP contribution in [0.2, 0.25) is 0 Å². The first kappa shape index (κ1) is 19.0. The van der Waals surface area contributed by atoms with Crippen LogP contribution < -0.4 is 0 Å². The molecular weight excluding hydrogens is 374 g/mol. The molecule has 1 N–H and O–H groups in total. The van der Waals surface area contributed by atoms with E-state index in [0.717, 1.165) is 31.8 Å². The molecule has 0 unspecified atom stereocenters. The average Bonchev–Trinajstić information content (AvgIpc) is 3.54. The first-order valence-electron chi connectivity index (χ1n) is 10.7. The van der Waals surface area contributed by atoms with Crippen LogP contribution in [0, 0.1) is 0 Å². The standard InChI is InChI=1S/C24H27N5O/c1-2-5-19(6-3-1)15-30-16-22-7-4-11-28(22)12-10-20-14-25-24-9-8-21(13-23(20)24)29-17-26-27-18-29/h1-3,5-6,8-9,13-14,17-18,22,25H,4,7,10-12,15-16H2/t22-/m0/s1. The molecule has 6 nitrogen and oxygen atoms in total. The third-order valence-electron chi connectivity index (χ3n) is 6.06. The summed E-state index contributed by atoms with van der Waals surface area (Å²) in [6.45, 7) is 3.72. The van der Waals surface area contributed by atoms with E-state index in [1.165, 1.54) is 34.9 Å². The van der Waals surface area contributed by atoms with Gasteiger partial charge in [0.25, 0.3) is 0 Å². The highest BCUT2D eigenvalue weighted by molar-refractivity contribution is 5.85. The van der Waals surface area contributed by atoms with E-state index in [1.807, 2.05) is 10.6 Å². The zero-order valence-electron chi connectivity index (χ0n) is 17.1. The van der Waals surface area contributed by atoms with E-state index < -0.39 is 0 Å². The third kappa shape index (κ3) is 4.15. The van der Waals surface area contributed by atoms with Gasteiger partial charge in [0.05, 0.1) is 13.2 Å². The van der Waals surface area contributed by atoms with Crippen molar-refractivity contribution in [3.8, 4) is 5.69 Å². The van der Waals surface area contributed by atoms with Crippen molar-refractivity contribution in [3.63, 3.8) is 0 Å². The van der Waals surface area contributed by atoms with Gasteiger partial charge in [0.1, 0.15) is 12.7 Å². The summed E-state index contributed by atoms with van der Waals surface area (Å²) < 4.78 is 7.98. The van der Waals surface area contributed by atoms with Crippen molar-refractivity contribution in [1.29, 1.82) is 0 Å². The van der Waals surface area contributed by atoms with Gasteiger partial charge in [0.2, 0.25) is 0 Å². The van der Waals surface area contributed by atoms with Gasteiger partial charge in [0.15, 0.2) is 0 Å². The molecule has 2 aromatic heterocycles. The molecule has 5 rings (SSSR count). The van der Waals surface area contributed by atoms with Crippen LogP contribution in [0.1, 0.15) is 24.0 Å². The van der Waals surface area contributed by atoms with Gasteiger partial charge in [-0.1, -0.05) is 30.3 Å². The number of likely N-dealkylation sites (tertiary alicyclic amines) is 1. The van der Waals surface area contributed by atoms with Crippen LogP contribution in [0.5, 0.6) is 0 Å². The van der Waals surface area contributed by atoms with Crippen molar-refractivity contribution < 1.29 is 4.74 Å². The molecule has 0 bridgehead atoms. The summed E-state index contributed by atoms with van der Waals surface area (Å²) in [5, 5.41) is 9.11. The van der Waals surface area contributed by atoms with Gasteiger partial charge in [-0.15, -0.1) is 10.2 Å². The Kier molecular flexibility index (Phi) is 5.59. The molecule has 0 saturated carbocycles. The molecule has 4 aromatic rings. The molecule has 1 atom stereocenters. The Hall–Kier alpha value is -2.96. The number of hydrogen-bond donors (Lipinski definition) is 1. The number of ether oxygens (including phenoxy) is 1. The van der Waals surface area contributed by atoms with Gasteiger partial charge in [-0.05, 0) is 55.1 Å². The van der Waals surface area contributed by atoms with Gasteiger partial charge >= 0.3 is 0 Å². The molecule has 0 radical (unpaired) electrons. The Labute approximate surface area is 176 Å². The van der Waals surface area contributed by atoms with Crippen LogP contribution in [-0.2, 0) is 17.8 Å². The van der Waals surface area contributed by atoms with Crippen molar-refractivity contribution in [2.75, 3.05) is 19.7 Å². The van der Waals surface area contributed by atoms with Crippen molar-refractivity contribution in [2.24, 2.45) is 0 Å². The fraction of sp³-hybridized carbons (Fsp3) is 0.333. The molecule has 2 aromatic carbocycles. The normalized spacial score (nSPS) is 17.1. The Bertz CT molecular complexity index is 1070. The van der Waals surface area contributed by atoms with Crippen molar-refractivity contribution >= 4 is 10.9 Å². The molecule has 1 aliphatic heterocycles. The second-order valence-corrected chi connectivity index (χ2v) is 8.00. The largest absolute Gasteiger partial charge is 0.375 e. The highest BCUT2D eigenvalue weighted by atomic mass is 16.5. The summed E-state index contributed by atoms with van der Waals surface area (Å²) in [6, 6.07) is 17.4. The number of nitrogens with zero attached hydrogens (tertiary/aromatic N) is 4. The Balaban J connectivity index is 1.21. The first-order chi connectivity index (χ1) is 14.9. The van der Waals surface area contributed by atoms with Crippen molar-refractivity contribution in [3.05, 3.63) is 78.5 Å². The van der Waals surface area contributed by atoms with Crippen molar-refractivity contribution in [2.45, 2.75) is 31.9 Å². The average molecular weight is 402 g/mol. The monoisotopic (exact) mass is 401 g/mol. The van der Waals surface area contributed by atoms with Crippen LogP contribution in [0.25, 0.3) is 16.6 Å². The molecule has 6 heteroatoms. The summed E-state index contributed by atoms with van der Waals surface area (Å²) in [5.41, 5.74) is 4.85. The number of aromatic nitrogens is 4. The summed E-state index contributed by atoms with van der Waals surface area (Å²) in [5.74, 6) is 0. The number of H-pyrrole nitrogens is 1. The van der Waals surface area contributed by atoms with E-state index in [9.17, 15) is 0 Å². The lowest BCUT2D eigenvalue weighted by atomic mass is 10.1. The maximum Gasteiger partial charge on any atom is 0.123 e. The fourth-order valence-electron chi connectivity index (χ4n) is 4.40. The molecule has 154 valence electrons. The van der Waals surface area contributed by atoms with Gasteiger partial charge in [0, 0.05) is 35.4 Å². The molecule has 1 fully saturated rings. The van der Waals surface area contributed by atoms with Crippen LogP contribution in [0.3, 0.4) is 0 Å². The van der Waals surface area contributed by atoms with E-state index in [-0.39, 0.29) is 0 Å². The zero-order valence-corrected chi connectivity index (χ0v) is 17.1. The second-order valence-electron chi connectivity index (χ2n) is 8.00. The number of hydrogen-bond acceptors (Lipinski definition) is 4. The lowest BCUT2D eigenvalue weighted by molar-refractivity contribution is 0.0672. The Morgan fingerprint density at radius 1 is 1.07 bits per heavy atom. The maximum absolute atomic E-state index is 6.04. The SMILES string of the molecule is c1ccc(COC[C@@H]2CCCN2CCc2c[nH]c3ccc(-n4cnnc4)cc23)cc1. The van der Waals surface area contributed by atoms with E-state index in [0.29, 0.717) is 12.6 Å². The minimum Gasteiger partial charge on any atom is -0.375 e. The minimum atomic E-state index is 0.520. The molecule has 1 saturated heterocycles. The number of rotatable bonds is 8. The van der Waals surface area contributed by atoms with Gasteiger partial charge < -0.3 is 9.72 Å². The summed E-state index contributed by atoms with van der Waals surface area (Å²) in [7, 11) is 0. The molecule has 0 amide bonds. The predicted molar refractivity (Wildman–Crippen MR) is 118 cm³/mol. The van der Waals surface area contributed by atoms with Crippen LogP contribution >= 0.6 is 0 Å². The number of nitrogens with one attached hydrogen (secondary N) is 1. The van der Waals surface area contributed by atoms with E-state index in [2.05, 4.69) is 68.7 Å². The molecule has 0 spiro atoms. The molecule has 3 heterocycles. The molecule has 0 aliphatic carbocycles. The molecule has 1 aliphatic rings. The van der Waals surface area contributed by atoms with Crippen LogP contribution in [0.15, 0.2) is 67.4 Å². The van der Waals surface area contributed by atoms with Gasteiger partial charge in [-0.3, -0.25) is 9.47 Å².